The minimum atomic E-state index is -0.900. The van der Waals surface area contributed by atoms with Crippen molar-refractivity contribution in [2.75, 3.05) is 0 Å². The van der Waals surface area contributed by atoms with Crippen LogP contribution in [0.3, 0.4) is 0 Å². The van der Waals surface area contributed by atoms with E-state index >= 15 is 0 Å². The molecule has 1 atom stereocenters. The first-order chi connectivity index (χ1) is 7.50. The third kappa shape index (κ3) is 2.77. The fourth-order valence-corrected chi connectivity index (χ4v) is 1.10. The van der Waals surface area contributed by atoms with Gasteiger partial charge in [-0.2, -0.15) is 0 Å². The molecule has 0 bridgehead atoms. The molecule has 1 unspecified atom stereocenters. The van der Waals surface area contributed by atoms with Gasteiger partial charge in [0, 0.05) is 0 Å². The van der Waals surface area contributed by atoms with Crippen molar-refractivity contribution in [3.8, 4) is 18.1 Å². The Hall–Kier alpha value is -1.95. The monoisotopic (exact) mass is 218 g/mol. The predicted molar refractivity (Wildman–Crippen MR) is 61.1 cm³/mol. The molecule has 0 radical (unpaired) electrons. The zero-order valence-electron chi connectivity index (χ0n) is 9.36. The number of hydrogen-bond donors (Lipinski definition) is 1. The fourth-order valence-electron chi connectivity index (χ4n) is 1.10. The lowest BCUT2D eigenvalue weighted by atomic mass is 10.0. The van der Waals surface area contributed by atoms with Crippen molar-refractivity contribution < 1.29 is 14.6 Å². The summed E-state index contributed by atoms with van der Waals surface area (Å²) in [6.45, 7) is 3.52. The van der Waals surface area contributed by atoms with Crippen LogP contribution in [0.15, 0.2) is 24.3 Å². The smallest absolute Gasteiger partial charge is 0.339 e. The number of ether oxygens (including phenoxy) is 1. The molecule has 0 amide bonds. The van der Waals surface area contributed by atoms with Gasteiger partial charge in [-0.3, -0.25) is 0 Å². The van der Waals surface area contributed by atoms with Crippen LogP contribution < -0.4 is 0 Å². The minimum Gasteiger partial charge on any atom is -0.508 e. The van der Waals surface area contributed by atoms with Gasteiger partial charge in [0.25, 0.3) is 0 Å². The minimum absolute atomic E-state index is 0.0216. The van der Waals surface area contributed by atoms with Gasteiger partial charge in [0.2, 0.25) is 0 Å². The second-order valence-electron chi connectivity index (χ2n) is 3.67. The largest absolute Gasteiger partial charge is 0.508 e. The quantitative estimate of drug-likeness (QED) is 0.625. The van der Waals surface area contributed by atoms with Gasteiger partial charge in [0.05, 0.1) is 5.56 Å². The summed E-state index contributed by atoms with van der Waals surface area (Å²) in [6.07, 6.45) is 5.83. The van der Waals surface area contributed by atoms with Crippen molar-refractivity contribution in [2.24, 2.45) is 0 Å². The number of benzene rings is 1. The van der Waals surface area contributed by atoms with Crippen molar-refractivity contribution in [3.05, 3.63) is 29.8 Å². The van der Waals surface area contributed by atoms with E-state index in [0.29, 0.717) is 6.42 Å². The van der Waals surface area contributed by atoms with Gasteiger partial charge in [-0.1, -0.05) is 18.9 Å². The van der Waals surface area contributed by atoms with E-state index in [4.69, 9.17) is 11.2 Å². The van der Waals surface area contributed by atoms with Crippen LogP contribution in [-0.2, 0) is 4.74 Å². The van der Waals surface area contributed by atoms with Crippen LogP contribution in [0.2, 0.25) is 0 Å². The Morgan fingerprint density at radius 1 is 1.62 bits per heavy atom. The number of phenolic OH excluding ortho intramolecular Hbond substituents is 1. The SMILES string of the molecule is C#CC(C)(CC)OC(=O)c1cccc(O)c1. The van der Waals surface area contributed by atoms with Crippen LogP contribution in [0.4, 0.5) is 0 Å². The molecule has 1 aromatic carbocycles. The Morgan fingerprint density at radius 3 is 2.81 bits per heavy atom. The Balaban J connectivity index is 2.85. The second-order valence-corrected chi connectivity index (χ2v) is 3.67. The van der Waals surface area contributed by atoms with Gasteiger partial charge >= 0.3 is 5.97 Å². The molecular formula is C13H14O3. The molecule has 1 N–H and O–H groups in total. The molecular weight excluding hydrogens is 204 g/mol. The van der Waals surface area contributed by atoms with Crippen molar-refractivity contribution >= 4 is 5.97 Å². The molecule has 16 heavy (non-hydrogen) atoms. The Labute approximate surface area is 95.1 Å². The van der Waals surface area contributed by atoms with Crippen LogP contribution in [0.5, 0.6) is 5.75 Å². The molecule has 3 heteroatoms. The van der Waals surface area contributed by atoms with E-state index in [9.17, 15) is 9.90 Å². The van der Waals surface area contributed by atoms with E-state index < -0.39 is 11.6 Å². The molecule has 0 heterocycles. The number of rotatable bonds is 3. The van der Waals surface area contributed by atoms with Crippen molar-refractivity contribution in [1.82, 2.24) is 0 Å². The summed E-state index contributed by atoms with van der Waals surface area (Å²) in [5.41, 5.74) is -0.613. The highest BCUT2D eigenvalue weighted by molar-refractivity contribution is 5.90. The van der Waals surface area contributed by atoms with Crippen LogP contribution in [0, 0.1) is 12.3 Å². The van der Waals surface area contributed by atoms with Crippen LogP contribution in [-0.4, -0.2) is 16.7 Å². The molecule has 0 aromatic heterocycles. The number of carbonyl (C=O) groups excluding carboxylic acids is 1. The molecule has 3 nitrogen and oxygen atoms in total. The number of carbonyl (C=O) groups is 1. The maximum absolute atomic E-state index is 11.7. The summed E-state index contributed by atoms with van der Waals surface area (Å²) in [5.74, 6) is 1.93. The van der Waals surface area contributed by atoms with E-state index in [-0.39, 0.29) is 11.3 Å². The lowest BCUT2D eigenvalue weighted by molar-refractivity contribution is 0.0132. The normalized spacial score (nSPS) is 13.6. The van der Waals surface area contributed by atoms with Crippen LogP contribution in [0.1, 0.15) is 30.6 Å². The van der Waals surface area contributed by atoms with Gasteiger partial charge in [0.1, 0.15) is 5.75 Å². The molecule has 1 rings (SSSR count). The standard InChI is InChI=1S/C13H14O3/c1-4-13(3,5-2)16-12(15)10-7-6-8-11(14)9-10/h1,6-9,14H,5H2,2-3H3. The number of terminal acetylenes is 1. The topological polar surface area (TPSA) is 46.5 Å². The van der Waals surface area contributed by atoms with Crippen molar-refractivity contribution in [1.29, 1.82) is 0 Å². The summed E-state index contributed by atoms with van der Waals surface area (Å²) < 4.78 is 5.19. The molecule has 0 aliphatic rings. The highest BCUT2D eigenvalue weighted by Gasteiger charge is 2.24. The second kappa shape index (κ2) is 4.71. The summed E-state index contributed by atoms with van der Waals surface area (Å²) in [4.78, 5) is 11.7. The third-order valence-corrected chi connectivity index (χ3v) is 2.38. The number of phenols is 1. The van der Waals surface area contributed by atoms with Crippen molar-refractivity contribution in [3.63, 3.8) is 0 Å². The molecule has 84 valence electrons. The summed E-state index contributed by atoms with van der Waals surface area (Å²) in [5, 5.41) is 9.23. The van der Waals surface area contributed by atoms with Gasteiger partial charge in [-0.25, -0.2) is 4.79 Å². The van der Waals surface area contributed by atoms with Gasteiger partial charge in [-0.15, -0.1) is 6.42 Å². The van der Waals surface area contributed by atoms with Crippen LogP contribution >= 0.6 is 0 Å². The van der Waals surface area contributed by atoms with E-state index in [0.717, 1.165) is 0 Å². The Kier molecular flexibility index (Phi) is 3.57. The average molecular weight is 218 g/mol. The zero-order chi connectivity index (χ0) is 12.2. The van der Waals surface area contributed by atoms with E-state index in [1.54, 1.807) is 19.1 Å². The average Bonchev–Trinajstić information content (AvgIpc) is 2.29. The number of esters is 1. The maximum Gasteiger partial charge on any atom is 0.339 e. The highest BCUT2D eigenvalue weighted by Crippen LogP contribution is 2.18. The van der Waals surface area contributed by atoms with Crippen LogP contribution in [0.25, 0.3) is 0 Å². The van der Waals surface area contributed by atoms with Gasteiger partial charge in [0.15, 0.2) is 5.60 Å². The van der Waals surface area contributed by atoms with Gasteiger partial charge in [-0.05, 0) is 31.5 Å². The molecule has 0 aliphatic carbocycles. The molecule has 0 aliphatic heterocycles. The first-order valence-corrected chi connectivity index (χ1v) is 5.01. The summed E-state index contributed by atoms with van der Waals surface area (Å²) in [6, 6.07) is 5.96. The number of hydrogen-bond acceptors (Lipinski definition) is 3. The molecule has 0 fully saturated rings. The lowest BCUT2D eigenvalue weighted by Crippen LogP contribution is -2.29. The first-order valence-electron chi connectivity index (χ1n) is 5.01. The summed E-state index contributed by atoms with van der Waals surface area (Å²) in [7, 11) is 0. The lowest BCUT2D eigenvalue weighted by Gasteiger charge is -2.22. The molecule has 0 spiro atoms. The fraction of sp³-hybridized carbons (Fsp3) is 0.308. The van der Waals surface area contributed by atoms with Gasteiger partial charge < -0.3 is 9.84 Å². The molecule has 0 saturated carbocycles. The molecule has 0 saturated heterocycles. The summed E-state index contributed by atoms with van der Waals surface area (Å²) >= 11 is 0. The highest BCUT2D eigenvalue weighted by atomic mass is 16.6. The Morgan fingerprint density at radius 2 is 2.31 bits per heavy atom. The van der Waals surface area contributed by atoms with E-state index in [1.807, 2.05) is 6.92 Å². The maximum atomic E-state index is 11.7. The zero-order valence-corrected chi connectivity index (χ0v) is 9.36. The van der Waals surface area contributed by atoms with E-state index in [1.165, 1.54) is 12.1 Å². The number of aromatic hydroxyl groups is 1. The molecule has 1 aromatic rings. The third-order valence-electron chi connectivity index (χ3n) is 2.38. The predicted octanol–water partition coefficient (Wildman–Crippen LogP) is 2.35. The van der Waals surface area contributed by atoms with Crippen molar-refractivity contribution in [2.45, 2.75) is 25.9 Å². The Bertz CT molecular complexity index is 431. The first kappa shape index (κ1) is 12.1. The van der Waals surface area contributed by atoms with E-state index in [2.05, 4.69) is 5.92 Å².